The molecule has 1 heterocycles. The Balaban J connectivity index is 1.32. The Bertz CT molecular complexity index is 1900. The first-order chi connectivity index (χ1) is 24.6. The first kappa shape index (κ1) is 37.6. The molecule has 2 atom stereocenters. The number of thiophene rings is 1. The van der Waals surface area contributed by atoms with Crippen LogP contribution >= 0.6 is 23.1 Å². The minimum atomic E-state index is -0.485. The molecule has 1 aliphatic rings. The lowest BCUT2D eigenvalue weighted by atomic mass is 9.88. The summed E-state index contributed by atoms with van der Waals surface area (Å²) in [5, 5.41) is 8.87. The van der Waals surface area contributed by atoms with E-state index in [9.17, 15) is 19.2 Å². The molecule has 2 unspecified atom stereocenters. The standard InChI is InChI=1S/C41H45N3O5S2/c1-6-34(39(47)44-40-36(41(48)49-7-2)32-21-16-26(5)22-35(32)51-40)50-31-15-11-14-30(24-31)42-38(46)33(43-37(45)29-12-9-8-10-13-29)23-27-17-19-28(20-18-27)25(3)4/h8-15,17-20,23-26,34H,6-7,16,21-22H2,1-5H3,(H,42,46)(H,43,45)(H,44,47)/b33-23+. The predicted molar refractivity (Wildman–Crippen MR) is 208 cm³/mol. The Kier molecular flexibility index (Phi) is 12.9. The summed E-state index contributed by atoms with van der Waals surface area (Å²) in [6, 6.07) is 23.9. The molecule has 10 heteroatoms. The van der Waals surface area contributed by atoms with Crippen LogP contribution < -0.4 is 16.0 Å². The second kappa shape index (κ2) is 17.5. The van der Waals surface area contributed by atoms with Gasteiger partial charge in [-0.2, -0.15) is 0 Å². The fourth-order valence-corrected chi connectivity index (χ4v) is 8.28. The van der Waals surface area contributed by atoms with E-state index in [1.165, 1.54) is 28.7 Å². The van der Waals surface area contributed by atoms with E-state index < -0.39 is 23.0 Å². The van der Waals surface area contributed by atoms with Crippen LogP contribution in [0.5, 0.6) is 0 Å². The van der Waals surface area contributed by atoms with Crippen molar-refractivity contribution in [2.24, 2.45) is 5.92 Å². The molecule has 1 aromatic heterocycles. The van der Waals surface area contributed by atoms with Gasteiger partial charge in [-0.1, -0.05) is 76.2 Å². The Morgan fingerprint density at radius 3 is 2.39 bits per heavy atom. The molecule has 0 spiro atoms. The van der Waals surface area contributed by atoms with Gasteiger partial charge in [0.05, 0.1) is 17.4 Å². The molecular weight excluding hydrogens is 679 g/mol. The third-order valence-electron chi connectivity index (χ3n) is 8.70. The topological polar surface area (TPSA) is 114 Å². The van der Waals surface area contributed by atoms with E-state index in [0.29, 0.717) is 40.1 Å². The Labute approximate surface area is 308 Å². The number of fused-ring (bicyclic) bond motifs is 1. The highest BCUT2D eigenvalue weighted by Crippen LogP contribution is 2.41. The molecule has 0 saturated heterocycles. The van der Waals surface area contributed by atoms with Gasteiger partial charge < -0.3 is 20.7 Å². The molecule has 5 rings (SSSR count). The molecule has 8 nitrogen and oxygen atoms in total. The van der Waals surface area contributed by atoms with Gasteiger partial charge in [0.15, 0.2) is 0 Å². The van der Waals surface area contributed by atoms with Gasteiger partial charge in [0.2, 0.25) is 5.91 Å². The lowest BCUT2D eigenvalue weighted by Crippen LogP contribution is -2.30. The normalized spacial score (nSPS) is 14.7. The molecule has 0 aliphatic heterocycles. The molecule has 0 radical (unpaired) electrons. The largest absolute Gasteiger partial charge is 0.462 e. The summed E-state index contributed by atoms with van der Waals surface area (Å²) in [5.74, 6) is -0.606. The van der Waals surface area contributed by atoms with Crippen molar-refractivity contribution in [3.63, 3.8) is 0 Å². The maximum absolute atomic E-state index is 13.7. The summed E-state index contributed by atoms with van der Waals surface area (Å²) < 4.78 is 5.39. The highest BCUT2D eigenvalue weighted by molar-refractivity contribution is 8.00. The van der Waals surface area contributed by atoms with Crippen LogP contribution in [0.25, 0.3) is 6.08 Å². The van der Waals surface area contributed by atoms with Crippen LogP contribution in [-0.2, 0) is 27.2 Å². The van der Waals surface area contributed by atoms with Gasteiger partial charge in [-0.3, -0.25) is 14.4 Å². The molecular formula is C41H45N3O5S2. The minimum Gasteiger partial charge on any atom is -0.462 e. The summed E-state index contributed by atoms with van der Waals surface area (Å²) in [7, 11) is 0. The molecule has 3 N–H and O–H groups in total. The average Bonchev–Trinajstić information content (AvgIpc) is 3.47. The zero-order valence-corrected chi connectivity index (χ0v) is 31.3. The van der Waals surface area contributed by atoms with Crippen LogP contribution in [0.4, 0.5) is 10.7 Å². The van der Waals surface area contributed by atoms with Gasteiger partial charge in [0, 0.05) is 21.0 Å². The highest BCUT2D eigenvalue weighted by Gasteiger charge is 2.30. The van der Waals surface area contributed by atoms with Crippen LogP contribution in [0.15, 0.2) is 89.5 Å². The van der Waals surface area contributed by atoms with Crippen molar-refractivity contribution in [2.75, 3.05) is 17.2 Å². The molecule has 266 valence electrons. The van der Waals surface area contributed by atoms with Crippen LogP contribution in [-0.4, -0.2) is 35.5 Å². The van der Waals surface area contributed by atoms with Crippen molar-refractivity contribution in [1.29, 1.82) is 0 Å². The number of rotatable bonds is 13. The number of carbonyl (C=O) groups excluding carboxylic acids is 4. The number of ether oxygens (including phenoxy) is 1. The number of nitrogens with one attached hydrogen (secondary N) is 3. The lowest BCUT2D eigenvalue weighted by molar-refractivity contribution is -0.116. The zero-order valence-electron chi connectivity index (χ0n) is 29.7. The number of amides is 3. The molecule has 0 bridgehead atoms. The van der Waals surface area contributed by atoms with Crippen molar-refractivity contribution >= 4 is 63.6 Å². The first-order valence-corrected chi connectivity index (χ1v) is 19.1. The number of benzene rings is 3. The molecule has 3 amide bonds. The van der Waals surface area contributed by atoms with E-state index in [2.05, 4.69) is 36.7 Å². The summed E-state index contributed by atoms with van der Waals surface area (Å²) in [6.07, 6.45) is 4.86. The second-order valence-corrected chi connectivity index (χ2v) is 15.3. The molecule has 3 aromatic carbocycles. The molecule has 0 fully saturated rings. The van der Waals surface area contributed by atoms with Crippen LogP contribution in [0.3, 0.4) is 0 Å². The Hall–Kier alpha value is -4.67. The number of carbonyl (C=O) groups is 4. The predicted octanol–water partition coefficient (Wildman–Crippen LogP) is 9.09. The van der Waals surface area contributed by atoms with E-state index in [-0.39, 0.29) is 18.2 Å². The van der Waals surface area contributed by atoms with Crippen molar-refractivity contribution in [2.45, 2.75) is 76.4 Å². The molecule has 4 aromatic rings. The maximum atomic E-state index is 13.7. The van der Waals surface area contributed by atoms with E-state index >= 15 is 0 Å². The second-order valence-electron chi connectivity index (χ2n) is 13.0. The summed E-state index contributed by atoms with van der Waals surface area (Å²) in [5.41, 5.74) is 4.46. The maximum Gasteiger partial charge on any atom is 0.341 e. The van der Waals surface area contributed by atoms with Crippen LogP contribution in [0, 0.1) is 5.92 Å². The quantitative estimate of drug-likeness (QED) is 0.0721. The number of hydrogen-bond donors (Lipinski definition) is 3. The monoisotopic (exact) mass is 723 g/mol. The van der Waals surface area contributed by atoms with E-state index in [0.717, 1.165) is 40.2 Å². The van der Waals surface area contributed by atoms with Crippen molar-refractivity contribution in [1.82, 2.24) is 5.32 Å². The smallest absolute Gasteiger partial charge is 0.341 e. The highest BCUT2D eigenvalue weighted by atomic mass is 32.2. The summed E-state index contributed by atoms with van der Waals surface area (Å²) in [4.78, 5) is 55.4. The SMILES string of the molecule is CCOC(=O)c1c(NC(=O)C(CC)Sc2cccc(NC(=O)/C(=C\c3ccc(C(C)C)cc3)NC(=O)c3ccccc3)c2)sc2c1CCC(C)C2. The van der Waals surface area contributed by atoms with E-state index in [1.807, 2.05) is 55.5 Å². The van der Waals surface area contributed by atoms with E-state index in [1.54, 1.807) is 43.3 Å². The van der Waals surface area contributed by atoms with Crippen molar-refractivity contribution < 1.29 is 23.9 Å². The zero-order chi connectivity index (χ0) is 36.5. The number of esters is 1. The fraction of sp³-hybridized carbons (Fsp3) is 0.317. The van der Waals surface area contributed by atoms with Crippen LogP contribution in [0.2, 0.25) is 0 Å². The third kappa shape index (κ3) is 9.77. The number of anilines is 2. The summed E-state index contributed by atoms with van der Waals surface area (Å²) >= 11 is 2.85. The Morgan fingerprint density at radius 2 is 1.71 bits per heavy atom. The fourth-order valence-electron chi connectivity index (χ4n) is 5.87. The van der Waals surface area contributed by atoms with Gasteiger partial charge >= 0.3 is 5.97 Å². The summed E-state index contributed by atoms with van der Waals surface area (Å²) in [6.45, 7) is 10.4. The van der Waals surface area contributed by atoms with E-state index in [4.69, 9.17) is 4.74 Å². The first-order valence-electron chi connectivity index (χ1n) is 17.4. The van der Waals surface area contributed by atoms with Crippen molar-refractivity contribution in [3.8, 4) is 0 Å². The van der Waals surface area contributed by atoms with Gasteiger partial charge in [0.1, 0.15) is 10.7 Å². The molecule has 1 aliphatic carbocycles. The Morgan fingerprint density at radius 1 is 0.961 bits per heavy atom. The number of hydrogen-bond acceptors (Lipinski definition) is 7. The van der Waals surface area contributed by atoms with Gasteiger partial charge in [0.25, 0.3) is 11.8 Å². The third-order valence-corrected chi connectivity index (χ3v) is 11.2. The minimum absolute atomic E-state index is 0.0930. The molecule has 51 heavy (non-hydrogen) atoms. The van der Waals surface area contributed by atoms with Gasteiger partial charge in [-0.25, -0.2) is 4.79 Å². The average molecular weight is 724 g/mol. The van der Waals surface area contributed by atoms with Gasteiger partial charge in [-0.05, 0) is 97.5 Å². The number of thioether (sulfide) groups is 1. The van der Waals surface area contributed by atoms with Crippen LogP contribution in [0.1, 0.15) is 95.7 Å². The molecule has 0 saturated carbocycles. The lowest BCUT2D eigenvalue weighted by Gasteiger charge is -2.18. The van der Waals surface area contributed by atoms with Crippen molar-refractivity contribution in [3.05, 3.63) is 117 Å². The van der Waals surface area contributed by atoms with Gasteiger partial charge in [-0.15, -0.1) is 23.1 Å².